The lowest BCUT2D eigenvalue weighted by Gasteiger charge is -2.42. The summed E-state index contributed by atoms with van der Waals surface area (Å²) in [6.07, 6.45) is 9.60. The number of fused-ring (bicyclic) bond motifs is 1. The molecule has 27 heavy (non-hydrogen) atoms. The van der Waals surface area contributed by atoms with Crippen molar-refractivity contribution in [2.45, 2.75) is 77.6 Å². The van der Waals surface area contributed by atoms with Gasteiger partial charge in [0.1, 0.15) is 0 Å². The normalized spacial score (nSPS) is 25.9. The zero-order chi connectivity index (χ0) is 19.8. The van der Waals surface area contributed by atoms with Crippen LogP contribution >= 0.6 is 0 Å². The summed E-state index contributed by atoms with van der Waals surface area (Å²) in [6, 6.07) is 7.22. The van der Waals surface area contributed by atoms with Crippen LogP contribution in [0.3, 0.4) is 0 Å². The van der Waals surface area contributed by atoms with Crippen molar-refractivity contribution in [3.63, 3.8) is 0 Å². The molecule has 0 aromatic heterocycles. The van der Waals surface area contributed by atoms with Gasteiger partial charge in [-0.25, -0.2) is 4.79 Å². The fourth-order valence-corrected chi connectivity index (χ4v) is 4.34. The van der Waals surface area contributed by atoms with Crippen molar-refractivity contribution in [3.8, 4) is 0 Å². The van der Waals surface area contributed by atoms with Crippen molar-refractivity contribution in [3.05, 3.63) is 58.7 Å². The van der Waals surface area contributed by atoms with Gasteiger partial charge in [0.2, 0.25) is 0 Å². The smallest absolute Gasteiger partial charge is 0.330 e. The van der Waals surface area contributed by atoms with E-state index in [2.05, 4.69) is 58.0 Å². The first-order valence-corrected chi connectivity index (χ1v) is 10.3. The molecule has 0 N–H and O–H groups in total. The Morgan fingerprint density at radius 3 is 2.48 bits per heavy atom. The topological polar surface area (TPSA) is 26.3 Å². The van der Waals surface area contributed by atoms with Gasteiger partial charge in [-0.1, -0.05) is 58.0 Å². The summed E-state index contributed by atoms with van der Waals surface area (Å²) in [5.41, 5.74) is 6.04. The van der Waals surface area contributed by atoms with Crippen molar-refractivity contribution in [1.29, 1.82) is 0 Å². The summed E-state index contributed by atoms with van der Waals surface area (Å²) in [4.78, 5) is 11.5. The van der Waals surface area contributed by atoms with Crippen molar-refractivity contribution < 1.29 is 9.53 Å². The number of benzene rings is 1. The van der Waals surface area contributed by atoms with Crippen LogP contribution in [-0.4, -0.2) is 12.6 Å². The van der Waals surface area contributed by atoms with Gasteiger partial charge in [-0.3, -0.25) is 0 Å². The van der Waals surface area contributed by atoms with Crippen LogP contribution in [0.5, 0.6) is 0 Å². The van der Waals surface area contributed by atoms with Crippen molar-refractivity contribution in [2.75, 3.05) is 6.61 Å². The van der Waals surface area contributed by atoms with Crippen LogP contribution in [-0.2, 0) is 20.4 Å². The highest BCUT2D eigenvalue weighted by Gasteiger charge is 2.40. The molecule has 2 atom stereocenters. The van der Waals surface area contributed by atoms with Crippen molar-refractivity contribution in [2.24, 2.45) is 5.92 Å². The SMILES string of the molecule is CCOC(=O)/C=C(C)/C=C/C1CC1c1ccc2c(c1)C(C)(C)CCC2(C)C. The van der Waals surface area contributed by atoms with Gasteiger partial charge in [-0.05, 0) is 78.0 Å². The quantitative estimate of drug-likeness (QED) is 0.352. The number of carbonyl (C=O) groups excluding carboxylic acids is 1. The van der Waals surface area contributed by atoms with E-state index < -0.39 is 0 Å². The first kappa shape index (κ1) is 19.9. The maximum Gasteiger partial charge on any atom is 0.330 e. The molecule has 0 amide bonds. The Balaban J connectivity index is 1.73. The van der Waals surface area contributed by atoms with E-state index in [1.165, 1.54) is 30.4 Å². The molecule has 0 bridgehead atoms. The maximum atomic E-state index is 11.5. The van der Waals surface area contributed by atoms with E-state index in [1.54, 1.807) is 11.6 Å². The van der Waals surface area contributed by atoms with Crippen LogP contribution < -0.4 is 0 Å². The summed E-state index contributed by atoms with van der Waals surface area (Å²) >= 11 is 0. The summed E-state index contributed by atoms with van der Waals surface area (Å²) in [5.74, 6) is 0.933. The average Bonchev–Trinajstić information content (AvgIpc) is 3.37. The van der Waals surface area contributed by atoms with Crippen LogP contribution in [0.2, 0.25) is 0 Å². The molecular formula is C25H34O2. The molecule has 146 valence electrons. The number of carbonyl (C=O) groups is 1. The van der Waals surface area contributed by atoms with Gasteiger partial charge in [-0.2, -0.15) is 0 Å². The highest BCUT2D eigenvalue weighted by molar-refractivity contribution is 5.83. The summed E-state index contributed by atoms with van der Waals surface area (Å²) in [5, 5.41) is 0. The van der Waals surface area contributed by atoms with Crippen molar-refractivity contribution in [1.82, 2.24) is 0 Å². The number of hydrogen-bond acceptors (Lipinski definition) is 2. The fraction of sp³-hybridized carbons (Fsp3) is 0.560. The molecule has 1 aromatic carbocycles. The number of allylic oxidation sites excluding steroid dienone is 3. The molecular weight excluding hydrogens is 332 g/mol. The average molecular weight is 367 g/mol. The third-order valence-electron chi connectivity index (χ3n) is 6.38. The Kier molecular flexibility index (Phi) is 5.38. The molecule has 2 aliphatic carbocycles. The highest BCUT2D eigenvalue weighted by atomic mass is 16.5. The first-order chi connectivity index (χ1) is 12.6. The Bertz CT molecular complexity index is 780. The van der Waals surface area contributed by atoms with E-state index in [0.29, 0.717) is 18.4 Å². The van der Waals surface area contributed by atoms with Crippen LogP contribution in [0.4, 0.5) is 0 Å². The van der Waals surface area contributed by atoms with Crippen LogP contribution in [0.25, 0.3) is 0 Å². The van der Waals surface area contributed by atoms with Gasteiger partial charge in [0.15, 0.2) is 0 Å². The lowest BCUT2D eigenvalue weighted by molar-refractivity contribution is -0.137. The van der Waals surface area contributed by atoms with Gasteiger partial charge < -0.3 is 4.74 Å². The van der Waals surface area contributed by atoms with Gasteiger partial charge in [0.05, 0.1) is 6.61 Å². The molecule has 2 unspecified atom stereocenters. The fourth-order valence-electron chi connectivity index (χ4n) is 4.34. The van der Waals surface area contributed by atoms with E-state index in [1.807, 2.05) is 13.8 Å². The van der Waals surface area contributed by atoms with Gasteiger partial charge in [0, 0.05) is 6.08 Å². The second-order valence-corrected chi connectivity index (χ2v) is 9.58. The molecule has 0 saturated heterocycles. The largest absolute Gasteiger partial charge is 0.463 e. The Morgan fingerprint density at radius 2 is 1.81 bits per heavy atom. The number of rotatable bonds is 5. The molecule has 0 heterocycles. The molecule has 2 aliphatic rings. The van der Waals surface area contributed by atoms with E-state index in [4.69, 9.17) is 4.74 Å². The lowest BCUT2D eigenvalue weighted by atomic mass is 9.63. The Hall–Kier alpha value is -1.83. The summed E-state index contributed by atoms with van der Waals surface area (Å²) < 4.78 is 4.97. The predicted molar refractivity (Wildman–Crippen MR) is 112 cm³/mol. The zero-order valence-corrected chi connectivity index (χ0v) is 17.8. The maximum absolute atomic E-state index is 11.5. The summed E-state index contributed by atoms with van der Waals surface area (Å²) in [7, 11) is 0. The van der Waals surface area contributed by atoms with E-state index >= 15 is 0 Å². The minimum absolute atomic E-state index is 0.258. The predicted octanol–water partition coefficient (Wildman–Crippen LogP) is 6.20. The molecule has 1 aromatic rings. The molecule has 0 spiro atoms. The van der Waals surface area contributed by atoms with Gasteiger partial charge in [-0.15, -0.1) is 0 Å². The molecule has 2 nitrogen and oxygen atoms in total. The Morgan fingerprint density at radius 1 is 1.15 bits per heavy atom. The van der Waals surface area contributed by atoms with Gasteiger partial charge in [0.25, 0.3) is 0 Å². The number of hydrogen-bond donors (Lipinski definition) is 0. The van der Waals surface area contributed by atoms with Crippen molar-refractivity contribution >= 4 is 5.97 Å². The second-order valence-electron chi connectivity index (χ2n) is 9.58. The minimum Gasteiger partial charge on any atom is -0.463 e. The number of esters is 1. The van der Waals surface area contributed by atoms with Crippen LogP contribution in [0.1, 0.15) is 83.4 Å². The second kappa shape index (κ2) is 7.30. The molecule has 0 aliphatic heterocycles. The third kappa shape index (κ3) is 4.36. The minimum atomic E-state index is -0.258. The molecule has 1 fully saturated rings. The van der Waals surface area contributed by atoms with E-state index in [-0.39, 0.29) is 16.8 Å². The third-order valence-corrected chi connectivity index (χ3v) is 6.38. The molecule has 3 rings (SSSR count). The summed E-state index contributed by atoms with van der Waals surface area (Å²) in [6.45, 7) is 13.7. The standard InChI is InChI=1S/C25H34O2/c1-7-27-23(26)14-17(2)8-9-18-15-20(18)19-10-11-21-22(16-19)25(5,6)13-12-24(21,3)4/h8-11,14,16,18,20H,7,12-13,15H2,1-6H3/b9-8+,17-14+. The molecule has 1 saturated carbocycles. The van der Waals surface area contributed by atoms with E-state index in [9.17, 15) is 4.79 Å². The van der Waals surface area contributed by atoms with Gasteiger partial charge >= 0.3 is 5.97 Å². The van der Waals surface area contributed by atoms with Crippen LogP contribution in [0, 0.1) is 5.92 Å². The van der Waals surface area contributed by atoms with E-state index in [0.717, 1.165) is 5.57 Å². The monoisotopic (exact) mass is 366 g/mol. The highest BCUT2D eigenvalue weighted by Crippen LogP contribution is 2.52. The first-order valence-electron chi connectivity index (χ1n) is 10.3. The lowest BCUT2D eigenvalue weighted by Crippen LogP contribution is -2.33. The van der Waals surface area contributed by atoms with Crippen LogP contribution in [0.15, 0.2) is 42.0 Å². The molecule has 2 heteroatoms. The Labute approximate surface area is 164 Å². The zero-order valence-electron chi connectivity index (χ0n) is 17.8. The molecule has 0 radical (unpaired) electrons. The number of ether oxygens (including phenoxy) is 1.